The molecule has 2 unspecified atom stereocenters. The van der Waals surface area contributed by atoms with Gasteiger partial charge in [0.05, 0.1) is 18.3 Å². The Morgan fingerprint density at radius 3 is 2.48 bits per heavy atom. The second-order valence-electron chi connectivity index (χ2n) is 11.4. The van der Waals surface area contributed by atoms with Gasteiger partial charge in [-0.15, -0.1) is 0 Å². The van der Waals surface area contributed by atoms with Crippen LogP contribution in [0, 0.1) is 11.8 Å². The molecule has 7 heteroatoms. The molecular formula is C33H48O7. The summed E-state index contributed by atoms with van der Waals surface area (Å²) in [7, 11) is 0. The molecule has 1 saturated carbocycles. The first-order chi connectivity index (χ1) is 19.6. The maximum atomic E-state index is 11.1. The Labute approximate surface area is 239 Å². The van der Waals surface area contributed by atoms with Crippen LogP contribution in [0.25, 0.3) is 0 Å². The van der Waals surface area contributed by atoms with E-state index in [9.17, 15) is 9.90 Å². The lowest BCUT2D eigenvalue weighted by atomic mass is 9.89. The summed E-state index contributed by atoms with van der Waals surface area (Å²) in [5.41, 5.74) is 1.28. The summed E-state index contributed by atoms with van der Waals surface area (Å²) in [5.74, 6) is -0.724. The third kappa shape index (κ3) is 10.4. The standard InChI is InChI=1S/C33H48O7/c34-29-24-30(40-33-17-9-11-23-38-33)28(27(29)14-6-1-2-7-15-31(35)36)21-20-26(39-32-16-8-10-22-37-32)19-18-25-12-4-3-5-13-25/h1,3-6,12-13,20-21,26-30,32-34H,2,7-11,14-19,22-24H2,(H,35,36)/b6-1-,21-20+/t26-,27+,28+,29-,30+,32?,33?/m0/s1. The summed E-state index contributed by atoms with van der Waals surface area (Å²) in [6, 6.07) is 10.5. The summed E-state index contributed by atoms with van der Waals surface area (Å²) in [4.78, 5) is 10.8. The zero-order chi connectivity index (χ0) is 28.0. The molecule has 1 aromatic carbocycles. The van der Waals surface area contributed by atoms with Gasteiger partial charge < -0.3 is 29.2 Å². The number of aliphatic hydroxyl groups excluding tert-OH is 1. The van der Waals surface area contributed by atoms with E-state index in [0.717, 1.165) is 77.4 Å². The molecule has 2 saturated heterocycles. The molecule has 0 amide bonds. The van der Waals surface area contributed by atoms with Crippen LogP contribution in [0.5, 0.6) is 0 Å². The molecule has 2 N–H and O–H groups in total. The number of aryl methyl sites for hydroxylation is 1. The van der Waals surface area contributed by atoms with E-state index in [2.05, 4.69) is 42.5 Å². The van der Waals surface area contributed by atoms with Crippen molar-refractivity contribution in [3.05, 3.63) is 60.2 Å². The Morgan fingerprint density at radius 2 is 1.77 bits per heavy atom. The zero-order valence-corrected chi connectivity index (χ0v) is 23.8. The van der Waals surface area contributed by atoms with E-state index in [4.69, 9.17) is 24.1 Å². The lowest BCUT2D eigenvalue weighted by Gasteiger charge is -2.30. The van der Waals surface area contributed by atoms with Crippen LogP contribution in [-0.4, -0.2) is 60.3 Å². The van der Waals surface area contributed by atoms with E-state index in [0.29, 0.717) is 12.8 Å². The fourth-order valence-electron chi connectivity index (χ4n) is 6.01. The quantitative estimate of drug-likeness (QED) is 0.196. The van der Waals surface area contributed by atoms with E-state index in [-0.39, 0.29) is 43.0 Å². The van der Waals surface area contributed by atoms with Crippen molar-refractivity contribution in [1.82, 2.24) is 0 Å². The molecular weight excluding hydrogens is 508 g/mol. The monoisotopic (exact) mass is 556 g/mol. The van der Waals surface area contributed by atoms with Gasteiger partial charge in [-0.05, 0) is 82.1 Å². The molecule has 7 nitrogen and oxygen atoms in total. The summed E-state index contributed by atoms with van der Waals surface area (Å²) < 4.78 is 24.7. The number of unbranched alkanes of at least 4 members (excludes halogenated alkanes) is 1. The fraction of sp³-hybridized carbons (Fsp3) is 0.667. The molecule has 222 valence electrons. The number of hydrogen-bond acceptors (Lipinski definition) is 6. The van der Waals surface area contributed by atoms with Gasteiger partial charge in [0.15, 0.2) is 12.6 Å². The third-order valence-corrected chi connectivity index (χ3v) is 8.27. The van der Waals surface area contributed by atoms with Crippen LogP contribution in [0.3, 0.4) is 0 Å². The molecule has 2 aliphatic heterocycles. The predicted octanol–water partition coefficient (Wildman–Crippen LogP) is 6.20. The second kappa shape index (κ2) is 17.0. The normalized spacial score (nSPS) is 30.2. The molecule has 40 heavy (non-hydrogen) atoms. The minimum atomic E-state index is -0.766. The number of aliphatic hydroxyl groups is 1. The summed E-state index contributed by atoms with van der Waals surface area (Å²) in [6.45, 7) is 1.46. The van der Waals surface area contributed by atoms with E-state index in [1.54, 1.807) is 0 Å². The van der Waals surface area contributed by atoms with Crippen molar-refractivity contribution < 1.29 is 34.0 Å². The fourth-order valence-corrected chi connectivity index (χ4v) is 6.01. The topological polar surface area (TPSA) is 94.5 Å². The highest BCUT2D eigenvalue weighted by molar-refractivity contribution is 5.66. The van der Waals surface area contributed by atoms with Crippen LogP contribution < -0.4 is 0 Å². The third-order valence-electron chi connectivity index (χ3n) is 8.27. The van der Waals surface area contributed by atoms with Crippen molar-refractivity contribution in [2.45, 2.75) is 114 Å². The van der Waals surface area contributed by atoms with Crippen molar-refractivity contribution in [1.29, 1.82) is 0 Å². The highest BCUT2D eigenvalue weighted by Crippen LogP contribution is 2.39. The largest absolute Gasteiger partial charge is 0.481 e. The summed E-state index contributed by atoms with van der Waals surface area (Å²) >= 11 is 0. The second-order valence-corrected chi connectivity index (χ2v) is 11.4. The maximum absolute atomic E-state index is 11.1. The molecule has 3 aliphatic rings. The molecule has 0 radical (unpaired) electrons. The van der Waals surface area contributed by atoms with Gasteiger partial charge in [-0.25, -0.2) is 0 Å². The van der Waals surface area contributed by atoms with Crippen molar-refractivity contribution in [3.63, 3.8) is 0 Å². The molecule has 0 aromatic heterocycles. The van der Waals surface area contributed by atoms with Gasteiger partial charge in [-0.2, -0.15) is 0 Å². The molecule has 2 heterocycles. The van der Waals surface area contributed by atoms with Crippen LogP contribution >= 0.6 is 0 Å². The number of benzene rings is 1. The van der Waals surface area contributed by atoms with E-state index < -0.39 is 12.1 Å². The molecule has 7 atom stereocenters. The number of hydrogen-bond donors (Lipinski definition) is 2. The average Bonchev–Trinajstić information content (AvgIpc) is 3.26. The lowest BCUT2D eigenvalue weighted by Crippen LogP contribution is -2.31. The molecule has 4 rings (SSSR count). The van der Waals surface area contributed by atoms with Crippen LogP contribution in [-0.2, 0) is 30.2 Å². The molecule has 0 spiro atoms. The molecule has 3 fully saturated rings. The Balaban J connectivity index is 1.44. The van der Waals surface area contributed by atoms with Gasteiger partial charge in [-0.1, -0.05) is 54.6 Å². The number of carboxylic acids is 1. The van der Waals surface area contributed by atoms with Gasteiger partial charge in [0.25, 0.3) is 0 Å². The van der Waals surface area contributed by atoms with Gasteiger partial charge >= 0.3 is 5.97 Å². The Hall–Kier alpha value is -2.03. The number of carboxylic acid groups (broad SMARTS) is 1. The van der Waals surface area contributed by atoms with E-state index in [1.165, 1.54) is 5.56 Å². The molecule has 1 aliphatic carbocycles. The van der Waals surface area contributed by atoms with Crippen LogP contribution in [0.2, 0.25) is 0 Å². The lowest BCUT2D eigenvalue weighted by molar-refractivity contribution is -0.193. The van der Waals surface area contributed by atoms with Crippen molar-refractivity contribution >= 4 is 5.97 Å². The van der Waals surface area contributed by atoms with Crippen LogP contribution in [0.4, 0.5) is 0 Å². The van der Waals surface area contributed by atoms with Crippen molar-refractivity contribution in [2.24, 2.45) is 11.8 Å². The van der Waals surface area contributed by atoms with E-state index in [1.807, 2.05) is 12.1 Å². The van der Waals surface area contributed by atoms with Crippen LogP contribution in [0.15, 0.2) is 54.6 Å². The van der Waals surface area contributed by atoms with Crippen LogP contribution in [0.1, 0.15) is 82.6 Å². The van der Waals surface area contributed by atoms with Gasteiger partial charge in [0.2, 0.25) is 0 Å². The maximum Gasteiger partial charge on any atom is 0.303 e. The number of rotatable bonds is 15. The first kappa shape index (κ1) is 30.9. The van der Waals surface area contributed by atoms with Gasteiger partial charge in [-0.3, -0.25) is 4.79 Å². The summed E-state index contributed by atoms with van der Waals surface area (Å²) in [6.07, 6.45) is 18.2. The molecule has 1 aromatic rings. The van der Waals surface area contributed by atoms with Crippen molar-refractivity contribution in [2.75, 3.05) is 13.2 Å². The zero-order valence-electron chi connectivity index (χ0n) is 23.8. The van der Waals surface area contributed by atoms with E-state index >= 15 is 0 Å². The number of aliphatic carboxylic acids is 1. The summed E-state index contributed by atoms with van der Waals surface area (Å²) in [5, 5.41) is 20.0. The number of carbonyl (C=O) groups is 1. The van der Waals surface area contributed by atoms with Gasteiger partial charge in [0, 0.05) is 32.0 Å². The highest BCUT2D eigenvalue weighted by atomic mass is 16.7. The minimum Gasteiger partial charge on any atom is -0.481 e. The smallest absolute Gasteiger partial charge is 0.303 e. The Morgan fingerprint density at radius 1 is 1.02 bits per heavy atom. The van der Waals surface area contributed by atoms with Gasteiger partial charge in [0.1, 0.15) is 0 Å². The van der Waals surface area contributed by atoms with Crippen molar-refractivity contribution in [3.8, 4) is 0 Å². The Bertz CT molecular complexity index is 905. The highest BCUT2D eigenvalue weighted by Gasteiger charge is 2.42. The number of ether oxygens (including phenoxy) is 4. The Kier molecular flexibility index (Phi) is 13.2. The first-order valence-corrected chi connectivity index (χ1v) is 15.4. The molecule has 0 bridgehead atoms. The number of allylic oxidation sites excluding steroid dienone is 2. The predicted molar refractivity (Wildman–Crippen MR) is 154 cm³/mol. The minimum absolute atomic E-state index is 0.0151. The average molecular weight is 557 g/mol. The SMILES string of the molecule is O=C(O)CCC/C=C\C[C@@H]1[C@@H](/C=C/[C@H](CCc2ccccc2)OC2CCCCO2)[C@H](OC2CCCCO2)C[C@@H]1O. The first-order valence-electron chi connectivity index (χ1n) is 15.4.